The Labute approximate surface area is 226 Å². The van der Waals surface area contributed by atoms with E-state index in [0.29, 0.717) is 18.6 Å². The van der Waals surface area contributed by atoms with Crippen LogP contribution in [0.2, 0.25) is 0 Å². The van der Waals surface area contributed by atoms with Crippen molar-refractivity contribution in [1.82, 2.24) is 14.5 Å². The van der Waals surface area contributed by atoms with Crippen LogP contribution < -0.4 is 4.74 Å². The van der Waals surface area contributed by atoms with Crippen LogP contribution in [0.15, 0.2) is 65.7 Å². The molecule has 0 spiro atoms. The molecule has 39 heavy (non-hydrogen) atoms. The molecule has 3 heterocycles. The maximum atomic E-state index is 13.7. The van der Waals surface area contributed by atoms with Gasteiger partial charge in [0, 0.05) is 37.2 Å². The Morgan fingerprint density at radius 1 is 1.26 bits per heavy atom. The van der Waals surface area contributed by atoms with E-state index in [1.54, 1.807) is 19.5 Å². The second kappa shape index (κ2) is 11.0. The molecule has 1 saturated heterocycles. The van der Waals surface area contributed by atoms with Crippen molar-refractivity contribution in [2.45, 2.75) is 51.5 Å². The number of halogens is 2. The zero-order valence-corrected chi connectivity index (χ0v) is 22.4. The Morgan fingerprint density at radius 3 is 2.85 bits per heavy atom. The van der Waals surface area contributed by atoms with Gasteiger partial charge in [-0.05, 0) is 61.6 Å². The number of ether oxygens (including phenoxy) is 1. The number of rotatable bonds is 8. The lowest BCUT2D eigenvalue weighted by Crippen LogP contribution is -2.49. The molecule has 0 aliphatic carbocycles. The van der Waals surface area contributed by atoms with Crippen molar-refractivity contribution in [2.75, 3.05) is 20.3 Å². The van der Waals surface area contributed by atoms with Gasteiger partial charge in [-0.2, -0.15) is 0 Å². The van der Waals surface area contributed by atoms with Crippen LogP contribution >= 0.6 is 0 Å². The van der Waals surface area contributed by atoms with Gasteiger partial charge < -0.3 is 19.0 Å². The van der Waals surface area contributed by atoms with E-state index >= 15 is 0 Å². The molecule has 9 heteroatoms. The number of Topliss-reactive ketones (excluding diaryl/α,β-unsaturated/α-hetero) is 1. The second-order valence-corrected chi connectivity index (χ2v) is 10.1. The fourth-order valence-corrected chi connectivity index (χ4v) is 5.12. The molecule has 0 saturated carbocycles. The standard InChI is InChI=1S/C30H32F2N4O3/c1-20-17-35(19-33-20)26-11-9-21(15-28(26)38-3)14-23-7-5-13-36-25(18-39-34-29(23)36)10-12-27(37)22-6-4-8-24(16-22)30(2,31)32/h4,6,8-9,11,14-17,19,25H,5,7,10,12-13,18H2,1-3H3/b23-14+/t25-/m0/s1. The Hall–Kier alpha value is -4.01. The summed E-state index contributed by atoms with van der Waals surface area (Å²) < 4.78 is 35.1. The monoisotopic (exact) mass is 534 g/mol. The molecular weight excluding hydrogens is 502 g/mol. The molecule has 1 fully saturated rings. The van der Waals surface area contributed by atoms with E-state index in [0.717, 1.165) is 60.4 Å². The van der Waals surface area contributed by atoms with Crippen LogP contribution in [0.5, 0.6) is 5.75 Å². The average molecular weight is 535 g/mol. The highest BCUT2D eigenvalue weighted by Crippen LogP contribution is 2.31. The summed E-state index contributed by atoms with van der Waals surface area (Å²) in [5, 5.41) is 4.38. The van der Waals surface area contributed by atoms with Gasteiger partial charge >= 0.3 is 0 Å². The van der Waals surface area contributed by atoms with E-state index in [4.69, 9.17) is 9.57 Å². The topological polar surface area (TPSA) is 69.0 Å². The minimum atomic E-state index is -2.99. The molecule has 3 aromatic rings. The molecule has 2 aliphatic heterocycles. The summed E-state index contributed by atoms with van der Waals surface area (Å²) >= 11 is 0. The van der Waals surface area contributed by atoms with Gasteiger partial charge in [0.15, 0.2) is 11.6 Å². The van der Waals surface area contributed by atoms with Crippen LogP contribution in [0.1, 0.15) is 59.8 Å². The Bertz CT molecular complexity index is 1420. The average Bonchev–Trinajstić information content (AvgIpc) is 3.37. The molecule has 0 amide bonds. The fourth-order valence-electron chi connectivity index (χ4n) is 5.12. The smallest absolute Gasteiger partial charge is 0.270 e. The van der Waals surface area contributed by atoms with Gasteiger partial charge in [0.2, 0.25) is 0 Å². The quantitative estimate of drug-likeness (QED) is 0.324. The van der Waals surface area contributed by atoms with Gasteiger partial charge in [-0.25, -0.2) is 13.8 Å². The molecular formula is C30H32F2N4O3. The zero-order valence-electron chi connectivity index (χ0n) is 22.4. The number of hydrogen-bond acceptors (Lipinski definition) is 6. The highest BCUT2D eigenvalue weighted by atomic mass is 19.3. The number of carbonyl (C=O) groups excluding carboxylic acids is 1. The Balaban J connectivity index is 1.30. The van der Waals surface area contributed by atoms with Gasteiger partial charge in [0.25, 0.3) is 5.92 Å². The number of oxime groups is 1. The summed E-state index contributed by atoms with van der Waals surface area (Å²) in [6, 6.07) is 11.7. The van der Waals surface area contributed by atoms with Crippen molar-refractivity contribution in [2.24, 2.45) is 5.16 Å². The van der Waals surface area contributed by atoms with Crippen LogP contribution in [-0.2, 0) is 10.8 Å². The first-order chi connectivity index (χ1) is 18.7. The van der Waals surface area contributed by atoms with E-state index in [2.05, 4.69) is 21.1 Å². The number of nitrogens with zero attached hydrogens (tertiary/aromatic N) is 4. The molecule has 0 N–H and O–H groups in total. The lowest BCUT2D eigenvalue weighted by molar-refractivity contribution is 0.0174. The van der Waals surface area contributed by atoms with Crippen molar-refractivity contribution in [3.05, 3.63) is 82.9 Å². The number of imidazole rings is 1. The number of aromatic nitrogens is 2. The third-order valence-electron chi connectivity index (χ3n) is 7.19. The van der Waals surface area contributed by atoms with Gasteiger partial charge in [-0.3, -0.25) is 4.79 Å². The second-order valence-electron chi connectivity index (χ2n) is 10.1. The third-order valence-corrected chi connectivity index (χ3v) is 7.19. The maximum absolute atomic E-state index is 13.7. The normalized spacial score (nSPS) is 18.4. The van der Waals surface area contributed by atoms with Crippen LogP contribution in [0, 0.1) is 6.92 Å². The number of piperidine rings is 1. The highest BCUT2D eigenvalue weighted by Gasteiger charge is 2.32. The first-order valence-corrected chi connectivity index (χ1v) is 13.1. The van der Waals surface area contributed by atoms with Crippen LogP contribution in [0.25, 0.3) is 11.8 Å². The predicted octanol–water partition coefficient (Wildman–Crippen LogP) is 6.16. The van der Waals surface area contributed by atoms with E-state index in [1.165, 1.54) is 18.2 Å². The van der Waals surface area contributed by atoms with Crippen molar-refractivity contribution >= 4 is 17.7 Å². The molecule has 1 aromatic heterocycles. The number of ketones is 1. The van der Waals surface area contributed by atoms with Gasteiger partial charge in [-0.1, -0.05) is 29.4 Å². The van der Waals surface area contributed by atoms with Crippen LogP contribution in [-0.4, -0.2) is 52.4 Å². The number of amidine groups is 1. The third kappa shape index (κ3) is 5.87. The van der Waals surface area contributed by atoms with Crippen molar-refractivity contribution < 1.29 is 23.1 Å². The summed E-state index contributed by atoms with van der Waals surface area (Å²) in [7, 11) is 1.65. The summed E-state index contributed by atoms with van der Waals surface area (Å²) in [4.78, 5) is 25.0. The number of fused-ring (bicyclic) bond motifs is 1. The van der Waals surface area contributed by atoms with E-state index in [1.807, 2.05) is 35.9 Å². The molecule has 2 aromatic carbocycles. The summed E-state index contributed by atoms with van der Waals surface area (Å²) in [5.74, 6) is -1.63. The first kappa shape index (κ1) is 26.6. The largest absolute Gasteiger partial charge is 0.495 e. The molecule has 204 valence electrons. The number of aryl methyl sites for hydroxylation is 1. The first-order valence-electron chi connectivity index (χ1n) is 13.1. The number of methoxy groups -OCH3 is 1. The Kier molecular flexibility index (Phi) is 7.50. The van der Waals surface area contributed by atoms with Crippen molar-refractivity contribution in [3.8, 4) is 11.4 Å². The lowest BCUT2D eigenvalue weighted by Gasteiger charge is -2.40. The zero-order chi connectivity index (χ0) is 27.6. The number of alkyl halides is 2. The SMILES string of the molecule is COc1cc(/C=C2\CCCN3C2=NOC[C@@H]3CCC(=O)c2cccc(C(C)(F)F)c2)ccc1-n1cnc(C)c1. The molecule has 0 radical (unpaired) electrons. The Morgan fingerprint density at radius 2 is 2.10 bits per heavy atom. The predicted molar refractivity (Wildman–Crippen MR) is 146 cm³/mol. The molecule has 0 bridgehead atoms. The van der Waals surface area contributed by atoms with Crippen molar-refractivity contribution in [1.29, 1.82) is 0 Å². The fraction of sp³-hybridized carbons (Fsp3) is 0.367. The van der Waals surface area contributed by atoms with E-state index in [9.17, 15) is 13.6 Å². The maximum Gasteiger partial charge on any atom is 0.270 e. The van der Waals surface area contributed by atoms with Crippen LogP contribution in [0.3, 0.4) is 0 Å². The van der Waals surface area contributed by atoms with Crippen molar-refractivity contribution in [3.63, 3.8) is 0 Å². The number of carbonyl (C=O) groups is 1. The minimum Gasteiger partial charge on any atom is -0.495 e. The summed E-state index contributed by atoms with van der Waals surface area (Å²) in [5.41, 5.74) is 4.02. The van der Waals surface area contributed by atoms with E-state index < -0.39 is 5.92 Å². The van der Waals surface area contributed by atoms with Gasteiger partial charge in [0.1, 0.15) is 12.4 Å². The summed E-state index contributed by atoms with van der Waals surface area (Å²) in [6.45, 7) is 3.98. The molecule has 5 rings (SSSR count). The lowest BCUT2D eigenvalue weighted by atomic mass is 9.95. The number of benzene rings is 2. The summed E-state index contributed by atoms with van der Waals surface area (Å²) in [6.07, 6.45) is 8.40. The molecule has 0 unspecified atom stereocenters. The van der Waals surface area contributed by atoms with Gasteiger partial charge in [0.05, 0.1) is 30.9 Å². The number of hydrogen-bond donors (Lipinski definition) is 0. The van der Waals surface area contributed by atoms with E-state index in [-0.39, 0.29) is 23.8 Å². The minimum absolute atomic E-state index is 0.0256. The van der Waals surface area contributed by atoms with Crippen LogP contribution in [0.4, 0.5) is 8.78 Å². The highest BCUT2D eigenvalue weighted by molar-refractivity contribution is 6.03. The molecule has 1 atom stereocenters. The molecule has 2 aliphatic rings. The van der Waals surface area contributed by atoms with Gasteiger partial charge in [-0.15, -0.1) is 0 Å². The molecule has 7 nitrogen and oxygen atoms in total.